The van der Waals surface area contributed by atoms with Crippen molar-refractivity contribution < 1.29 is 4.74 Å². The van der Waals surface area contributed by atoms with Crippen LogP contribution in [0.15, 0.2) is 12.4 Å². The summed E-state index contributed by atoms with van der Waals surface area (Å²) in [5.74, 6) is 0.777. The highest BCUT2D eigenvalue weighted by Gasteiger charge is 2.21. The number of nitrogens with zero attached hydrogens (tertiary/aromatic N) is 2. The summed E-state index contributed by atoms with van der Waals surface area (Å²) in [5, 5.41) is 4.15. The van der Waals surface area contributed by atoms with Crippen LogP contribution < -0.4 is 0 Å². The molecule has 1 fully saturated rings. The molecule has 1 aromatic heterocycles. The summed E-state index contributed by atoms with van der Waals surface area (Å²) in [6.07, 6.45) is 6.55. The topological polar surface area (TPSA) is 27.1 Å². The van der Waals surface area contributed by atoms with Gasteiger partial charge < -0.3 is 4.74 Å². The molecule has 2 atom stereocenters. The smallest absolute Gasteiger partial charge is 0.0857 e. The maximum Gasteiger partial charge on any atom is 0.0857 e. The van der Waals surface area contributed by atoms with Gasteiger partial charge in [0.2, 0.25) is 0 Å². The maximum absolute atomic E-state index is 5.69. The summed E-state index contributed by atoms with van der Waals surface area (Å²) in [4.78, 5) is 0. The van der Waals surface area contributed by atoms with Gasteiger partial charge in [-0.25, -0.2) is 0 Å². The van der Waals surface area contributed by atoms with E-state index in [4.69, 9.17) is 4.74 Å². The van der Waals surface area contributed by atoms with Gasteiger partial charge in [-0.1, -0.05) is 6.92 Å². The minimum absolute atomic E-state index is 0.275. The zero-order valence-electron chi connectivity index (χ0n) is 8.23. The molecule has 13 heavy (non-hydrogen) atoms. The zero-order valence-corrected chi connectivity index (χ0v) is 8.23. The van der Waals surface area contributed by atoms with E-state index >= 15 is 0 Å². The minimum atomic E-state index is 0.275. The molecule has 0 aliphatic carbocycles. The minimum Gasteiger partial charge on any atom is -0.373 e. The molecule has 3 heteroatoms. The first-order valence-electron chi connectivity index (χ1n) is 4.86. The van der Waals surface area contributed by atoms with Crippen molar-refractivity contribution in [2.24, 2.45) is 13.0 Å². The Hall–Kier alpha value is -0.830. The zero-order chi connectivity index (χ0) is 9.26. The first-order chi connectivity index (χ1) is 6.25. The highest BCUT2D eigenvalue weighted by atomic mass is 16.5. The van der Waals surface area contributed by atoms with Crippen LogP contribution in [0.25, 0.3) is 0 Å². The Balaban J connectivity index is 2.08. The van der Waals surface area contributed by atoms with Gasteiger partial charge >= 0.3 is 0 Å². The Kier molecular flexibility index (Phi) is 2.36. The van der Waals surface area contributed by atoms with Gasteiger partial charge in [-0.2, -0.15) is 5.10 Å². The molecule has 2 rings (SSSR count). The summed E-state index contributed by atoms with van der Waals surface area (Å²) in [5.41, 5.74) is 1.22. The van der Waals surface area contributed by atoms with E-state index in [1.54, 1.807) is 0 Å². The molecule has 1 aromatic rings. The van der Waals surface area contributed by atoms with Crippen LogP contribution in [0.3, 0.4) is 0 Å². The molecule has 1 saturated heterocycles. The number of aryl methyl sites for hydroxylation is 1. The fourth-order valence-corrected chi connectivity index (χ4v) is 1.80. The molecular weight excluding hydrogens is 164 g/mol. The van der Waals surface area contributed by atoms with Gasteiger partial charge in [0.1, 0.15) is 0 Å². The molecule has 1 aliphatic rings. The lowest BCUT2D eigenvalue weighted by atomic mass is 9.95. The van der Waals surface area contributed by atoms with Crippen LogP contribution in [0.4, 0.5) is 0 Å². The van der Waals surface area contributed by atoms with Crippen molar-refractivity contribution in [1.29, 1.82) is 0 Å². The summed E-state index contributed by atoms with van der Waals surface area (Å²) >= 11 is 0. The van der Waals surface area contributed by atoms with E-state index < -0.39 is 0 Å². The molecule has 0 saturated carbocycles. The Morgan fingerprint density at radius 3 is 3.08 bits per heavy atom. The Bertz CT molecular complexity index is 282. The second-order valence-electron chi connectivity index (χ2n) is 3.94. The Morgan fingerprint density at radius 1 is 1.62 bits per heavy atom. The number of rotatable bonds is 1. The number of ether oxygens (including phenoxy) is 1. The summed E-state index contributed by atoms with van der Waals surface area (Å²) in [6.45, 7) is 3.17. The molecule has 0 N–H and O–H groups in total. The average Bonchev–Trinajstić information content (AvgIpc) is 2.52. The fraction of sp³-hybridized carbons (Fsp3) is 0.700. The lowest BCUT2D eigenvalue weighted by Crippen LogP contribution is -2.17. The summed E-state index contributed by atoms with van der Waals surface area (Å²) in [6, 6.07) is 0. The van der Waals surface area contributed by atoms with Gasteiger partial charge in [0.15, 0.2) is 0 Å². The molecule has 0 radical (unpaired) electrons. The Morgan fingerprint density at radius 2 is 2.46 bits per heavy atom. The highest BCUT2D eigenvalue weighted by molar-refractivity contribution is 5.08. The second kappa shape index (κ2) is 3.50. The van der Waals surface area contributed by atoms with Gasteiger partial charge in [-0.05, 0) is 18.8 Å². The molecule has 0 aromatic carbocycles. The standard InChI is InChI=1S/C10H16N2O/c1-8-3-4-13-10(5-8)9-6-11-12(2)7-9/h6-8,10H,3-5H2,1-2H3. The van der Waals surface area contributed by atoms with Gasteiger partial charge in [0.25, 0.3) is 0 Å². The average molecular weight is 180 g/mol. The molecule has 3 nitrogen and oxygen atoms in total. The van der Waals surface area contributed by atoms with E-state index in [9.17, 15) is 0 Å². The fourth-order valence-electron chi connectivity index (χ4n) is 1.80. The van der Waals surface area contributed by atoms with E-state index in [1.165, 1.54) is 12.0 Å². The lowest BCUT2D eigenvalue weighted by Gasteiger charge is -2.26. The largest absolute Gasteiger partial charge is 0.373 e. The van der Waals surface area contributed by atoms with Crippen molar-refractivity contribution in [2.75, 3.05) is 6.61 Å². The normalized spacial score (nSPS) is 29.1. The molecule has 72 valence electrons. The van der Waals surface area contributed by atoms with E-state index in [1.807, 2.05) is 24.1 Å². The van der Waals surface area contributed by atoms with Crippen molar-refractivity contribution in [3.63, 3.8) is 0 Å². The lowest BCUT2D eigenvalue weighted by molar-refractivity contribution is -0.00636. The molecule has 2 heterocycles. The highest BCUT2D eigenvalue weighted by Crippen LogP contribution is 2.30. The van der Waals surface area contributed by atoms with Crippen molar-refractivity contribution in [3.8, 4) is 0 Å². The van der Waals surface area contributed by atoms with Gasteiger partial charge in [-0.3, -0.25) is 4.68 Å². The molecule has 2 unspecified atom stereocenters. The van der Waals surface area contributed by atoms with Gasteiger partial charge in [0.05, 0.1) is 12.3 Å². The van der Waals surface area contributed by atoms with E-state index in [2.05, 4.69) is 12.0 Å². The van der Waals surface area contributed by atoms with Gasteiger partial charge in [-0.15, -0.1) is 0 Å². The SMILES string of the molecule is CC1CCOC(c2cnn(C)c2)C1. The number of hydrogen-bond donors (Lipinski definition) is 0. The summed E-state index contributed by atoms with van der Waals surface area (Å²) < 4.78 is 7.53. The number of aromatic nitrogens is 2. The summed E-state index contributed by atoms with van der Waals surface area (Å²) in [7, 11) is 1.94. The maximum atomic E-state index is 5.69. The predicted octanol–water partition coefficient (Wildman–Crippen LogP) is 1.91. The molecular formula is C10H16N2O. The van der Waals surface area contributed by atoms with Crippen LogP contribution in [0.2, 0.25) is 0 Å². The van der Waals surface area contributed by atoms with Crippen LogP contribution in [0.5, 0.6) is 0 Å². The third-order valence-corrected chi connectivity index (χ3v) is 2.64. The molecule has 0 amide bonds. The first kappa shape index (κ1) is 8.75. The van der Waals surface area contributed by atoms with Crippen molar-refractivity contribution in [3.05, 3.63) is 18.0 Å². The third kappa shape index (κ3) is 1.91. The molecule has 0 spiro atoms. The van der Waals surface area contributed by atoms with Crippen molar-refractivity contribution >= 4 is 0 Å². The second-order valence-corrected chi connectivity index (χ2v) is 3.94. The van der Waals surface area contributed by atoms with Crippen LogP contribution >= 0.6 is 0 Å². The monoisotopic (exact) mass is 180 g/mol. The van der Waals surface area contributed by atoms with E-state index in [-0.39, 0.29) is 6.10 Å². The Labute approximate surface area is 78.7 Å². The van der Waals surface area contributed by atoms with E-state index in [0.29, 0.717) is 0 Å². The molecule has 0 bridgehead atoms. The quantitative estimate of drug-likeness (QED) is 0.660. The van der Waals surface area contributed by atoms with Gasteiger partial charge in [0, 0.05) is 25.4 Å². The first-order valence-corrected chi connectivity index (χ1v) is 4.86. The van der Waals surface area contributed by atoms with Crippen LogP contribution in [0.1, 0.15) is 31.4 Å². The van der Waals surface area contributed by atoms with Crippen molar-refractivity contribution in [2.45, 2.75) is 25.9 Å². The number of hydrogen-bond acceptors (Lipinski definition) is 2. The third-order valence-electron chi connectivity index (χ3n) is 2.64. The van der Waals surface area contributed by atoms with Crippen LogP contribution in [-0.2, 0) is 11.8 Å². The predicted molar refractivity (Wildman–Crippen MR) is 50.3 cm³/mol. The van der Waals surface area contributed by atoms with Crippen LogP contribution in [-0.4, -0.2) is 16.4 Å². The van der Waals surface area contributed by atoms with Crippen LogP contribution in [0, 0.1) is 5.92 Å². The van der Waals surface area contributed by atoms with Crippen molar-refractivity contribution in [1.82, 2.24) is 9.78 Å². The van der Waals surface area contributed by atoms with E-state index in [0.717, 1.165) is 18.9 Å². The molecule has 1 aliphatic heterocycles.